The number of ketones is 1. The van der Waals surface area contributed by atoms with E-state index in [1.165, 1.54) is 0 Å². The fourth-order valence-electron chi connectivity index (χ4n) is 4.45. The van der Waals surface area contributed by atoms with Crippen LogP contribution in [0.15, 0.2) is 121 Å². The van der Waals surface area contributed by atoms with Gasteiger partial charge in [0.05, 0.1) is 5.60 Å². The van der Waals surface area contributed by atoms with Gasteiger partial charge in [0.15, 0.2) is 12.9 Å². The molecule has 1 saturated carbocycles. The maximum atomic E-state index is 15.5. The molecule has 1 N–H and O–H groups in total. The molecule has 0 radical (unpaired) electrons. The molecule has 0 aliphatic heterocycles. The third kappa shape index (κ3) is 4.44. The molecule has 1 unspecified atom stereocenters. The largest absolute Gasteiger partial charge is 0.385 e. The van der Waals surface area contributed by atoms with E-state index in [1.54, 1.807) is 60.7 Å². The SMILES string of the molecule is O=C(/C(=C(\C1(O)CC1)P(=O)(c1ccccc1)c1ccc(Cl)cc1)c1ccccc1)c1ccccc1. The molecule has 0 amide bonds. The number of carbonyl (C=O) groups excluding carboxylic acids is 1. The van der Waals surface area contributed by atoms with Crippen molar-refractivity contribution in [3.8, 4) is 0 Å². The average molecular weight is 499 g/mol. The summed E-state index contributed by atoms with van der Waals surface area (Å²) in [5, 5.41) is 13.6. The molecule has 5 heteroatoms. The Bertz CT molecular complexity index is 1430. The maximum absolute atomic E-state index is 15.5. The Morgan fingerprint density at radius 3 is 1.66 bits per heavy atom. The van der Waals surface area contributed by atoms with Crippen LogP contribution >= 0.6 is 18.7 Å². The minimum absolute atomic E-state index is 0.266. The highest BCUT2D eigenvalue weighted by Crippen LogP contribution is 2.64. The van der Waals surface area contributed by atoms with Gasteiger partial charge >= 0.3 is 0 Å². The number of allylic oxidation sites excluding steroid dienone is 1. The smallest absolute Gasteiger partial charge is 0.194 e. The van der Waals surface area contributed by atoms with E-state index in [2.05, 4.69) is 0 Å². The highest BCUT2D eigenvalue weighted by atomic mass is 35.5. The first-order valence-corrected chi connectivity index (χ1v) is 13.6. The van der Waals surface area contributed by atoms with Crippen molar-refractivity contribution in [2.45, 2.75) is 18.4 Å². The summed E-state index contributed by atoms with van der Waals surface area (Å²) in [5.41, 5.74) is 0.0465. The third-order valence-electron chi connectivity index (χ3n) is 6.35. The molecule has 0 bridgehead atoms. The summed E-state index contributed by atoms with van der Waals surface area (Å²) in [6.07, 6.45) is 0.871. The molecule has 1 aliphatic carbocycles. The van der Waals surface area contributed by atoms with E-state index in [0.29, 0.717) is 50.5 Å². The number of aliphatic hydroxyl groups is 1. The van der Waals surface area contributed by atoms with E-state index >= 15 is 4.57 Å². The summed E-state index contributed by atoms with van der Waals surface area (Å²) < 4.78 is 15.5. The predicted octanol–water partition coefficient (Wildman–Crippen LogP) is 6.47. The number of rotatable bonds is 7. The van der Waals surface area contributed by atoms with Gasteiger partial charge in [-0.1, -0.05) is 103 Å². The Morgan fingerprint density at radius 1 is 0.686 bits per heavy atom. The minimum Gasteiger partial charge on any atom is -0.385 e. The van der Waals surface area contributed by atoms with Crippen molar-refractivity contribution in [1.29, 1.82) is 0 Å². The van der Waals surface area contributed by atoms with Crippen LogP contribution in [0.5, 0.6) is 0 Å². The van der Waals surface area contributed by atoms with Crippen molar-refractivity contribution in [1.82, 2.24) is 0 Å². The lowest BCUT2D eigenvalue weighted by molar-refractivity contribution is 0.105. The Labute approximate surface area is 210 Å². The molecular formula is C30H24ClO3P. The van der Waals surface area contributed by atoms with Gasteiger partial charge in [0, 0.05) is 32.1 Å². The van der Waals surface area contributed by atoms with Crippen LogP contribution in [0.3, 0.4) is 0 Å². The maximum Gasteiger partial charge on any atom is 0.194 e. The van der Waals surface area contributed by atoms with Crippen LogP contribution in [0.25, 0.3) is 5.57 Å². The quantitative estimate of drug-likeness (QED) is 0.180. The topological polar surface area (TPSA) is 54.4 Å². The fourth-order valence-corrected chi connectivity index (χ4v) is 7.91. The van der Waals surface area contributed by atoms with Gasteiger partial charge in [-0.3, -0.25) is 4.79 Å². The molecule has 0 aromatic heterocycles. The number of benzene rings is 4. The van der Waals surface area contributed by atoms with Crippen LogP contribution in [0.2, 0.25) is 5.02 Å². The lowest BCUT2D eigenvalue weighted by Gasteiger charge is -2.29. The second-order valence-electron chi connectivity index (χ2n) is 8.74. The molecule has 1 atom stereocenters. The molecule has 35 heavy (non-hydrogen) atoms. The second-order valence-corrected chi connectivity index (χ2v) is 11.9. The fraction of sp³-hybridized carbons (Fsp3) is 0.100. The van der Waals surface area contributed by atoms with E-state index in [1.807, 2.05) is 54.6 Å². The summed E-state index contributed by atoms with van der Waals surface area (Å²) in [7, 11) is -3.66. The highest BCUT2D eigenvalue weighted by molar-refractivity contribution is 7.82. The number of carbonyl (C=O) groups is 1. The summed E-state index contributed by atoms with van der Waals surface area (Å²) in [4.78, 5) is 14.1. The molecule has 174 valence electrons. The molecule has 4 aromatic rings. The van der Waals surface area contributed by atoms with Crippen LogP contribution in [0.4, 0.5) is 0 Å². The predicted molar refractivity (Wildman–Crippen MR) is 143 cm³/mol. The first kappa shape index (κ1) is 23.5. The van der Waals surface area contributed by atoms with E-state index in [-0.39, 0.29) is 5.78 Å². The summed E-state index contributed by atoms with van der Waals surface area (Å²) >= 11 is 6.17. The van der Waals surface area contributed by atoms with E-state index < -0.39 is 12.7 Å². The molecule has 1 aliphatic rings. The molecule has 4 aromatic carbocycles. The average Bonchev–Trinajstić information content (AvgIpc) is 3.66. The molecule has 5 rings (SSSR count). The molecule has 3 nitrogen and oxygen atoms in total. The number of hydrogen-bond donors (Lipinski definition) is 1. The van der Waals surface area contributed by atoms with Gasteiger partial charge in [0.2, 0.25) is 0 Å². The lowest BCUT2D eigenvalue weighted by atomic mass is 9.94. The molecule has 0 spiro atoms. The zero-order valence-electron chi connectivity index (χ0n) is 19.0. The van der Waals surface area contributed by atoms with Crippen LogP contribution in [0.1, 0.15) is 28.8 Å². The van der Waals surface area contributed by atoms with E-state index in [0.717, 1.165) is 0 Å². The lowest BCUT2D eigenvalue weighted by Crippen LogP contribution is -2.27. The van der Waals surface area contributed by atoms with Crippen molar-refractivity contribution >= 4 is 40.7 Å². The van der Waals surface area contributed by atoms with Crippen molar-refractivity contribution in [2.24, 2.45) is 0 Å². The monoisotopic (exact) mass is 498 g/mol. The van der Waals surface area contributed by atoms with Gasteiger partial charge in [0.1, 0.15) is 0 Å². The second kappa shape index (κ2) is 9.43. The highest BCUT2D eigenvalue weighted by Gasteiger charge is 2.54. The van der Waals surface area contributed by atoms with Gasteiger partial charge < -0.3 is 9.67 Å². The van der Waals surface area contributed by atoms with Crippen molar-refractivity contribution in [2.75, 3.05) is 0 Å². The standard InChI is InChI=1S/C30H24ClO3P/c31-24-16-18-26(19-17-24)35(34,25-14-8-3-9-15-25)29(30(33)20-21-30)27(22-10-4-1-5-11-22)28(32)23-12-6-2-7-13-23/h1-19,33H,20-21H2/b29-27+. The minimum atomic E-state index is -3.66. The molecular weight excluding hydrogens is 475 g/mol. The first-order valence-electron chi connectivity index (χ1n) is 11.5. The Balaban J connectivity index is 1.90. The van der Waals surface area contributed by atoms with Crippen molar-refractivity contribution in [3.05, 3.63) is 137 Å². The van der Waals surface area contributed by atoms with Crippen LogP contribution in [-0.2, 0) is 4.57 Å². The van der Waals surface area contributed by atoms with Gasteiger partial charge in [-0.15, -0.1) is 0 Å². The van der Waals surface area contributed by atoms with Crippen LogP contribution in [-0.4, -0.2) is 16.5 Å². The van der Waals surface area contributed by atoms with Crippen LogP contribution < -0.4 is 10.6 Å². The zero-order chi connectivity index (χ0) is 24.5. The van der Waals surface area contributed by atoms with Crippen LogP contribution in [0, 0.1) is 0 Å². The molecule has 1 fully saturated rings. The summed E-state index contributed by atoms with van der Waals surface area (Å²) in [6, 6.07) is 34.1. The zero-order valence-corrected chi connectivity index (χ0v) is 20.6. The Kier molecular flexibility index (Phi) is 6.34. The number of hydrogen-bond acceptors (Lipinski definition) is 3. The first-order chi connectivity index (χ1) is 16.9. The Morgan fingerprint density at radius 2 is 1.14 bits per heavy atom. The van der Waals surface area contributed by atoms with E-state index in [4.69, 9.17) is 11.6 Å². The van der Waals surface area contributed by atoms with Gasteiger partial charge in [0.25, 0.3) is 0 Å². The van der Waals surface area contributed by atoms with Crippen molar-refractivity contribution < 1.29 is 14.5 Å². The van der Waals surface area contributed by atoms with Crippen molar-refractivity contribution in [3.63, 3.8) is 0 Å². The van der Waals surface area contributed by atoms with Gasteiger partial charge in [-0.25, -0.2) is 0 Å². The third-order valence-corrected chi connectivity index (χ3v) is 9.92. The molecule has 0 saturated heterocycles. The normalized spacial score (nSPS) is 16.6. The summed E-state index contributed by atoms with van der Waals surface area (Å²) in [5.74, 6) is -0.266. The van der Waals surface area contributed by atoms with E-state index in [9.17, 15) is 9.90 Å². The van der Waals surface area contributed by atoms with Gasteiger partial charge in [-0.05, 0) is 42.7 Å². The Hall–Kier alpha value is -3.23. The number of Topliss-reactive ketones (excluding diaryl/α,β-unsaturated/α-hetero) is 1. The number of halogens is 1. The van der Waals surface area contributed by atoms with Gasteiger partial charge in [-0.2, -0.15) is 0 Å². The summed E-state index contributed by atoms with van der Waals surface area (Å²) in [6.45, 7) is 0. The molecule has 0 heterocycles.